The molecule has 1 heterocycles. The number of hydrogen-bond acceptors (Lipinski definition) is 3. The van der Waals surface area contributed by atoms with Crippen LogP contribution >= 0.6 is 0 Å². The van der Waals surface area contributed by atoms with Crippen LogP contribution in [0.5, 0.6) is 5.75 Å². The van der Waals surface area contributed by atoms with Crippen molar-refractivity contribution >= 4 is 0 Å². The minimum atomic E-state index is -0.472. The molecule has 0 radical (unpaired) electrons. The molecule has 1 aliphatic rings. The van der Waals surface area contributed by atoms with Crippen LogP contribution in [0.4, 0.5) is 0 Å². The van der Waals surface area contributed by atoms with Crippen LogP contribution in [0.1, 0.15) is 12.8 Å². The number of hydrogen-bond donors (Lipinski definition) is 2. The monoisotopic (exact) mass is 328 g/mol. The summed E-state index contributed by atoms with van der Waals surface area (Å²) in [6.07, 6.45) is 2.17. The molecule has 0 bridgehead atoms. The summed E-state index contributed by atoms with van der Waals surface area (Å²) in [7, 11) is 0. The van der Waals surface area contributed by atoms with E-state index >= 15 is 0 Å². The molecule has 128 valence electrons. The summed E-state index contributed by atoms with van der Waals surface area (Å²) in [5.41, 5.74) is 2.35. The second-order valence-corrected chi connectivity index (χ2v) is 6.25. The van der Waals surface area contributed by atoms with Crippen molar-refractivity contribution < 1.29 is 19.9 Å². The Morgan fingerprint density at radius 3 is 2.54 bits per heavy atom. The summed E-state index contributed by atoms with van der Waals surface area (Å²) in [4.78, 5) is 0. The van der Waals surface area contributed by atoms with Crippen LogP contribution in [0.25, 0.3) is 11.1 Å². The van der Waals surface area contributed by atoms with E-state index in [1.807, 2.05) is 42.5 Å². The fraction of sp³-hybridized carbons (Fsp3) is 0.400. The number of aliphatic hydroxyl groups excluding tert-OH is 1. The lowest BCUT2D eigenvalue weighted by Gasteiger charge is -2.13. The molecule has 24 heavy (non-hydrogen) atoms. The quantitative estimate of drug-likeness (QED) is 0.777. The average molecular weight is 328 g/mol. The molecule has 1 fully saturated rings. The van der Waals surface area contributed by atoms with E-state index in [0.717, 1.165) is 37.3 Å². The zero-order chi connectivity index (χ0) is 16.6. The van der Waals surface area contributed by atoms with Gasteiger partial charge < -0.3 is 19.9 Å². The van der Waals surface area contributed by atoms with Crippen LogP contribution in [0.2, 0.25) is 0 Å². The van der Waals surface area contributed by atoms with Gasteiger partial charge in [0.2, 0.25) is 0 Å². The van der Waals surface area contributed by atoms with E-state index in [2.05, 4.69) is 17.4 Å². The lowest BCUT2D eigenvalue weighted by atomic mass is 10.1. The maximum Gasteiger partial charge on any atom is 0.137 e. The van der Waals surface area contributed by atoms with Crippen molar-refractivity contribution in [3.8, 4) is 16.9 Å². The van der Waals surface area contributed by atoms with Crippen LogP contribution < -0.4 is 10.1 Å². The van der Waals surface area contributed by atoms with Crippen LogP contribution in [0.15, 0.2) is 54.6 Å². The van der Waals surface area contributed by atoms with E-state index in [-0.39, 0.29) is 0 Å². The summed E-state index contributed by atoms with van der Waals surface area (Å²) >= 11 is 0. The van der Waals surface area contributed by atoms with Crippen molar-refractivity contribution in [2.24, 2.45) is 0 Å². The van der Waals surface area contributed by atoms with Gasteiger partial charge in [-0.25, -0.2) is 0 Å². The molecule has 3 N–H and O–H groups in total. The maximum atomic E-state index is 10.0. The molecule has 1 aliphatic heterocycles. The van der Waals surface area contributed by atoms with Gasteiger partial charge in [0.15, 0.2) is 0 Å². The summed E-state index contributed by atoms with van der Waals surface area (Å²) in [5.74, 6) is 0.785. The largest absolute Gasteiger partial charge is 0.491 e. The fourth-order valence-electron chi connectivity index (χ4n) is 2.94. The van der Waals surface area contributed by atoms with E-state index in [0.29, 0.717) is 19.3 Å². The highest BCUT2D eigenvalue weighted by Gasteiger charge is 2.17. The van der Waals surface area contributed by atoms with Gasteiger partial charge >= 0.3 is 0 Å². The summed E-state index contributed by atoms with van der Waals surface area (Å²) in [6.45, 7) is 2.75. The Kier molecular flexibility index (Phi) is 6.24. The van der Waals surface area contributed by atoms with Crippen LogP contribution in [0, 0.1) is 0 Å². The second kappa shape index (κ2) is 8.83. The number of nitrogens with two attached hydrogens (primary N) is 1. The third-order valence-electron chi connectivity index (χ3n) is 4.30. The minimum Gasteiger partial charge on any atom is -0.491 e. The van der Waals surface area contributed by atoms with Crippen molar-refractivity contribution in [1.82, 2.24) is 0 Å². The van der Waals surface area contributed by atoms with Gasteiger partial charge in [-0.2, -0.15) is 0 Å². The lowest BCUT2D eigenvalue weighted by Crippen LogP contribution is -2.88. The van der Waals surface area contributed by atoms with Crippen molar-refractivity contribution in [2.75, 3.05) is 26.3 Å². The predicted octanol–water partition coefficient (Wildman–Crippen LogP) is 1.84. The van der Waals surface area contributed by atoms with Gasteiger partial charge in [0.1, 0.15) is 37.7 Å². The highest BCUT2D eigenvalue weighted by atomic mass is 16.5. The molecular formula is C20H26NO3+. The average Bonchev–Trinajstić information content (AvgIpc) is 3.15. The number of benzene rings is 2. The zero-order valence-corrected chi connectivity index (χ0v) is 13.9. The molecule has 0 saturated carbocycles. The first-order chi connectivity index (χ1) is 11.8. The van der Waals surface area contributed by atoms with Gasteiger partial charge in [-0.1, -0.05) is 42.5 Å². The molecule has 1 saturated heterocycles. The van der Waals surface area contributed by atoms with Gasteiger partial charge in [-0.3, -0.25) is 0 Å². The van der Waals surface area contributed by atoms with E-state index in [9.17, 15) is 5.11 Å². The third kappa shape index (κ3) is 5.06. The molecule has 4 heteroatoms. The Bertz CT molecular complexity index is 594. The molecule has 0 amide bonds. The summed E-state index contributed by atoms with van der Waals surface area (Å²) < 4.78 is 11.2. The highest BCUT2D eigenvalue weighted by Crippen LogP contribution is 2.22. The highest BCUT2D eigenvalue weighted by molar-refractivity contribution is 5.63. The standard InChI is InChI=1S/C20H25NO3/c22-18(13-21-14-20-7-4-12-23-20)15-24-19-10-8-17(9-11-19)16-5-2-1-3-6-16/h1-3,5-6,8-11,18,20-22H,4,7,12-15H2/p+1/t18-,20-/m0/s1. The van der Waals surface area contributed by atoms with Crippen molar-refractivity contribution in [3.05, 3.63) is 54.6 Å². The van der Waals surface area contributed by atoms with Crippen molar-refractivity contribution in [2.45, 2.75) is 25.0 Å². The Hall–Kier alpha value is -1.88. The van der Waals surface area contributed by atoms with E-state index in [1.54, 1.807) is 0 Å². The molecule has 0 unspecified atom stereocenters. The second-order valence-electron chi connectivity index (χ2n) is 6.25. The van der Waals surface area contributed by atoms with Gasteiger partial charge in [-0.15, -0.1) is 0 Å². The number of aliphatic hydroxyl groups is 1. The van der Waals surface area contributed by atoms with Gasteiger partial charge in [0, 0.05) is 6.61 Å². The van der Waals surface area contributed by atoms with Crippen LogP contribution in [-0.2, 0) is 4.74 Å². The topological polar surface area (TPSA) is 55.3 Å². The fourth-order valence-corrected chi connectivity index (χ4v) is 2.94. The number of rotatable bonds is 8. The molecule has 4 nitrogen and oxygen atoms in total. The first-order valence-corrected chi connectivity index (χ1v) is 8.71. The molecule has 0 aromatic heterocycles. The van der Waals surface area contributed by atoms with Crippen LogP contribution in [0.3, 0.4) is 0 Å². The number of ether oxygens (including phenoxy) is 2. The van der Waals surface area contributed by atoms with Crippen molar-refractivity contribution in [3.63, 3.8) is 0 Å². The molecular weight excluding hydrogens is 302 g/mol. The zero-order valence-electron chi connectivity index (χ0n) is 13.9. The molecule has 2 aromatic carbocycles. The van der Waals surface area contributed by atoms with E-state index in [1.165, 1.54) is 5.56 Å². The first-order valence-electron chi connectivity index (χ1n) is 8.71. The minimum absolute atomic E-state index is 0.312. The number of quaternary nitrogens is 1. The Morgan fingerprint density at radius 2 is 1.83 bits per heavy atom. The van der Waals surface area contributed by atoms with Gasteiger partial charge in [-0.05, 0) is 36.1 Å². The van der Waals surface area contributed by atoms with E-state index in [4.69, 9.17) is 9.47 Å². The van der Waals surface area contributed by atoms with E-state index < -0.39 is 6.10 Å². The Labute approximate surface area is 143 Å². The molecule has 0 aliphatic carbocycles. The smallest absolute Gasteiger partial charge is 0.137 e. The molecule has 2 aromatic rings. The van der Waals surface area contributed by atoms with Gasteiger partial charge in [0.25, 0.3) is 0 Å². The first kappa shape index (κ1) is 17.0. The summed E-state index contributed by atoms with van der Waals surface area (Å²) in [6, 6.07) is 18.2. The third-order valence-corrected chi connectivity index (χ3v) is 4.30. The maximum absolute atomic E-state index is 10.0. The molecule has 0 spiro atoms. The lowest BCUT2D eigenvalue weighted by molar-refractivity contribution is -0.666. The van der Waals surface area contributed by atoms with Crippen molar-refractivity contribution in [1.29, 1.82) is 0 Å². The summed E-state index contributed by atoms with van der Waals surface area (Å²) in [5, 5.41) is 12.1. The van der Waals surface area contributed by atoms with Gasteiger partial charge in [0.05, 0.1) is 0 Å². The Balaban J connectivity index is 1.39. The normalized spacial score (nSPS) is 18.5. The molecule has 2 atom stereocenters. The Morgan fingerprint density at radius 1 is 1.08 bits per heavy atom. The van der Waals surface area contributed by atoms with Crippen LogP contribution in [-0.4, -0.2) is 43.6 Å². The SMILES string of the molecule is O[C@@H](C[NH2+]C[C@@H]1CCCO1)COc1ccc(-c2ccccc2)cc1. The molecule has 3 rings (SSSR count). The predicted molar refractivity (Wildman–Crippen MR) is 94.0 cm³/mol.